The van der Waals surface area contributed by atoms with Crippen LogP contribution < -0.4 is 5.32 Å². The van der Waals surface area contributed by atoms with Gasteiger partial charge in [-0.3, -0.25) is 0 Å². The van der Waals surface area contributed by atoms with E-state index in [4.69, 9.17) is 0 Å². The minimum Gasteiger partial charge on any atom is -0.317 e. The normalized spacial score (nSPS) is 18.5. The number of thiophene rings is 1. The van der Waals surface area contributed by atoms with Crippen molar-refractivity contribution in [2.45, 2.75) is 45.3 Å². The van der Waals surface area contributed by atoms with Crippen LogP contribution in [0.4, 0.5) is 0 Å². The Hall–Kier alpha value is -0.720. The van der Waals surface area contributed by atoms with E-state index in [1.807, 2.05) is 11.3 Å². The molecule has 0 aromatic carbocycles. The lowest BCUT2D eigenvalue weighted by Gasteiger charge is -2.23. The maximum absolute atomic E-state index is 4.18. The molecule has 2 aromatic rings. The van der Waals surface area contributed by atoms with Gasteiger partial charge < -0.3 is 9.88 Å². The van der Waals surface area contributed by atoms with Crippen LogP contribution in [0.5, 0.6) is 0 Å². The van der Waals surface area contributed by atoms with E-state index in [-0.39, 0.29) is 0 Å². The third kappa shape index (κ3) is 2.75. The quantitative estimate of drug-likeness (QED) is 0.928. The van der Waals surface area contributed by atoms with E-state index in [2.05, 4.69) is 49.0 Å². The number of nitrogens with one attached hydrogen (secondary N) is 1. The predicted octanol–water partition coefficient (Wildman–Crippen LogP) is 3.29. The molecule has 1 atom stereocenters. The molecule has 0 radical (unpaired) electrons. The Morgan fingerprint density at radius 3 is 3.32 bits per heavy atom. The first-order valence-electron chi connectivity index (χ1n) is 6.66. The lowest BCUT2D eigenvalue weighted by atomic mass is 9.94. The van der Waals surface area contributed by atoms with Crippen molar-refractivity contribution in [3.05, 3.63) is 32.4 Å². The van der Waals surface area contributed by atoms with E-state index in [1.54, 1.807) is 6.33 Å². The van der Waals surface area contributed by atoms with E-state index in [0.29, 0.717) is 6.04 Å². The summed E-state index contributed by atoms with van der Waals surface area (Å²) in [6, 6.07) is 2.72. The highest BCUT2D eigenvalue weighted by Crippen LogP contribution is 2.37. The monoisotopic (exact) mass is 340 g/mol. The van der Waals surface area contributed by atoms with Crippen molar-refractivity contribution >= 4 is 27.3 Å². The lowest BCUT2D eigenvalue weighted by molar-refractivity contribution is 0.450. The largest absolute Gasteiger partial charge is 0.317 e. The van der Waals surface area contributed by atoms with Crippen LogP contribution in [0.25, 0.3) is 0 Å². The average Bonchev–Trinajstić information content (AvgIpc) is 3.00. The van der Waals surface area contributed by atoms with Crippen molar-refractivity contribution in [3.63, 3.8) is 0 Å². The molecule has 4 nitrogen and oxygen atoms in total. The van der Waals surface area contributed by atoms with Crippen molar-refractivity contribution in [2.75, 3.05) is 0 Å². The molecule has 0 bridgehead atoms. The Bertz CT molecular complexity index is 563. The first-order valence-corrected chi connectivity index (χ1v) is 8.27. The number of nitrogens with zero attached hydrogens (tertiary/aromatic N) is 3. The SMILES string of the molecule is CCn1cnnc1CNC1CCCc2sc(Br)cc21. The van der Waals surface area contributed by atoms with Crippen molar-refractivity contribution in [1.82, 2.24) is 20.1 Å². The smallest absolute Gasteiger partial charge is 0.146 e. The van der Waals surface area contributed by atoms with Gasteiger partial charge in [-0.1, -0.05) is 0 Å². The summed E-state index contributed by atoms with van der Waals surface area (Å²) in [5, 5.41) is 11.8. The molecule has 0 saturated heterocycles. The van der Waals surface area contributed by atoms with E-state index < -0.39 is 0 Å². The van der Waals surface area contributed by atoms with E-state index in [9.17, 15) is 0 Å². The van der Waals surface area contributed by atoms with Gasteiger partial charge in [0, 0.05) is 17.5 Å². The molecule has 0 saturated carbocycles. The zero-order valence-corrected chi connectivity index (χ0v) is 13.3. The van der Waals surface area contributed by atoms with Crippen LogP contribution in [-0.2, 0) is 19.5 Å². The second-order valence-corrected chi connectivity index (χ2v) is 7.30. The average molecular weight is 341 g/mol. The number of aryl methyl sites for hydroxylation is 2. The number of hydrogen-bond donors (Lipinski definition) is 1. The number of aromatic nitrogens is 3. The van der Waals surface area contributed by atoms with Crippen LogP contribution in [0.2, 0.25) is 0 Å². The number of hydrogen-bond acceptors (Lipinski definition) is 4. The van der Waals surface area contributed by atoms with E-state index in [0.717, 1.165) is 18.9 Å². The standard InChI is InChI=1S/C13H17BrN4S/c1-2-18-8-16-17-13(18)7-15-10-4-3-5-11-9(10)6-12(14)19-11/h6,8,10,15H,2-5,7H2,1H3. The maximum Gasteiger partial charge on any atom is 0.146 e. The van der Waals surface area contributed by atoms with Gasteiger partial charge in [-0.15, -0.1) is 21.5 Å². The second-order valence-electron chi connectivity index (χ2n) is 4.79. The highest BCUT2D eigenvalue weighted by molar-refractivity contribution is 9.11. The molecule has 1 unspecified atom stereocenters. The van der Waals surface area contributed by atoms with Gasteiger partial charge in [-0.25, -0.2) is 0 Å². The van der Waals surface area contributed by atoms with Crippen LogP contribution in [0, 0.1) is 0 Å². The zero-order valence-electron chi connectivity index (χ0n) is 10.9. The molecule has 0 amide bonds. The van der Waals surface area contributed by atoms with Crippen LogP contribution in [0.3, 0.4) is 0 Å². The molecule has 1 N–H and O–H groups in total. The summed E-state index contributed by atoms with van der Waals surface area (Å²) in [6.07, 6.45) is 5.48. The molecule has 0 aliphatic heterocycles. The molecular formula is C13H17BrN4S. The lowest BCUT2D eigenvalue weighted by Crippen LogP contribution is -2.25. The summed E-state index contributed by atoms with van der Waals surface area (Å²) in [6.45, 7) is 3.82. The minimum absolute atomic E-state index is 0.452. The fourth-order valence-electron chi connectivity index (χ4n) is 2.63. The molecule has 3 rings (SSSR count). The summed E-state index contributed by atoms with van der Waals surface area (Å²) in [7, 11) is 0. The molecule has 102 valence electrons. The summed E-state index contributed by atoms with van der Waals surface area (Å²) < 4.78 is 3.32. The molecule has 1 aliphatic rings. The predicted molar refractivity (Wildman–Crippen MR) is 80.2 cm³/mol. The summed E-state index contributed by atoms with van der Waals surface area (Å²) in [4.78, 5) is 1.52. The number of halogens is 1. The summed E-state index contributed by atoms with van der Waals surface area (Å²) >= 11 is 5.47. The molecule has 2 heterocycles. The van der Waals surface area contributed by atoms with Crippen LogP contribution in [-0.4, -0.2) is 14.8 Å². The Kier molecular flexibility index (Phi) is 4.00. The highest BCUT2D eigenvalue weighted by atomic mass is 79.9. The Morgan fingerprint density at radius 2 is 2.47 bits per heavy atom. The molecule has 1 aliphatic carbocycles. The van der Waals surface area contributed by atoms with Gasteiger partial charge in [0.05, 0.1) is 10.3 Å². The maximum atomic E-state index is 4.18. The zero-order chi connectivity index (χ0) is 13.2. The molecule has 2 aromatic heterocycles. The fraction of sp³-hybridized carbons (Fsp3) is 0.538. The topological polar surface area (TPSA) is 42.7 Å². The first kappa shape index (κ1) is 13.3. The number of fused-ring (bicyclic) bond motifs is 1. The van der Waals surface area contributed by atoms with Crippen molar-refractivity contribution in [2.24, 2.45) is 0 Å². The number of rotatable bonds is 4. The molecular weight excluding hydrogens is 324 g/mol. The third-order valence-corrected chi connectivity index (χ3v) is 5.34. The fourth-order valence-corrected chi connectivity index (χ4v) is 4.45. The van der Waals surface area contributed by atoms with Crippen LogP contribution in [0.15, 0.2) is 16.2 Å². The first-order chi connectivity index (χ1) is 9.28. The van der Waals surface area contributed by atoms with Gasteiger partial charge in [-0.2, -0.15) is 0 Å². The van der Waals surface area contributed by atoms with Crippen molar-refractivity contribution in [1.29, 1.82) is 0 Å². The van der Waals surface area contributed by atoms with Gasteiger partial charge in [-0.05, 0) is 53.7 Å². The second kappa shape index (κ2) is 5.73. The molecule has 0 spiro atoms. The molecule has 0 fully saturated rings. The van der Waals surface area contributed by atoms with Gasteiger partial charge in [0.1, 0.15) is 12.2 Å². The van der Waals surface area contributed by atoms with Crippen LogP contribution >= 0.6 is 27.3 Å². The molecule has 19 heavy (non-hydrogen) atoms. The van der Waals surface area contributed by atoms with E-state index in [1.165, 1.54) is 33.5 Å². The Labute approximate surface area is 125 Å². The van der Waals surface area contributed by atoms with Gasteiger partial charge >= 0.3 is 0 Å². The van der Waals surface area contributed by atoms with Gasteiger partial charge in [0.25, 0.3) is 0 Å². The third-order valence-electron chi connectivity index (χ3n) is 3.63. The van der Waals surface area contributed by atoms with Crippen molar-refractivity contribution < 1.29 is 0 Å². The van der Waals surface area contributed by atoms with E-state index >= 15 is 0 Å². The van der Waals surface area contributed by atoms with Crippen molar-refractivity contribution in [3.8, 4) is 0 Å². The summed E-state index contributed by atoms with van der Waals surface area (Å²) in [5.74, 6) is 1.02. The Morgan fingerprint density at radius 1 is 1.58 bits per heavy atom. The Balaban J connectivity index is 1.71. The highest BCUT2D eigenvalue weighted by Gasteiger charge is 2.22. The minimum atomic E-state index is 0.452. The summed E-state index contributed by atoms with van der Waals surface area (Å²) in [5.41, 5.74) is 1.46. The molecule has 6 heteroatoms. The van der Waals surface area contributed by atoms with Crippen LogP contribution in [0.1, 0.15) is 42.1 Å². The van der Waals surface area contributed by atoms with Gasteiger partial charge in [0.2, 0.25) is 0 Å². The van der Waals surface area contributed by atoms with Gasteiger partial charge in [0.15, 0.2) is 0 Å².